The van der Waals surface area contributed by atoms with E-state index in [2.05, 4.69) is 54.7 Å². The summed E-state index contributed by atoms with van der Waals surface area (Å²) >= 11 is 0. The highest BCUT2D eigenvalue weighted by atomic mass is 15.3. The molecule has 0 aromatic carbocycles. The average Bonchev–Trinajstić information content (AvgIpc) is 2.29. The highest BCUT2D eigenvalue weighted by molar-refractivity contribution is 5.40. The molecule has 0 radical (unpaired) electrons. The van der Waals surface area contributed by atoms with Crippen LogP contribution in [0.4, 0.5) is 5.82 Å². The number of hydrogen-bond donors (Lipinski definition) is 0. The fourth-order valence-corrected chi connectivity index (χ4v) is 2.36. The Morgan fingerprint density at radius 1 is 1.11 bits per heavy atom. The Morgan fingerprint density at radius 2 is 1.78 bits per heavy atom. The predicted molar refractivity (Wildman–Crippen MR) is 77.1 cm³/mol. The molecule has 0 spiro atoms. The van der Waals surface area contributed by atoms with Crippen molar-refractivity contribution in [1.29, 1.82) is 0 Å². The first kappa shape index (κ1) is 13.3. The second kappa shape index (κ2) is 5.27. The molecule has 1 aromatic heterocycles. The maximum Gasteiger partial charge on any atom is 0.128 e. The highest BCUT2D eigenvalue weighted by Gasteiger charge is 2.16. The number of anilines is 1. The lowest BCUT2D eigenvalue weighted by Gasteiger charge is -2.33. The molecule has 1 saturated heterocycles. The van der Waals surface area contributed by atoms with Gasteiger partial charge < -0.3 is 9.80 Å². The molecule has 2 heterocycles. The Morgan fingerprint density at radius 3 is 2.28 bits per heavy atom. The van der Waals surface area contributed by atoms with Crippen molar-refractivity contribution in [1.82, 2.24) is 9.88 Å². The van der Waals surface area contributed by atoms with E-state index < -0.39 is 0 Å². The Bertz CT molecular complexity index is 370. The van der Waals surface area contributed by atoms with E-state index in [9.17, 15) is 0 Å². The smallest absolute Gasteiger partial charge is 0.128 e. The van der Waals surface area contributed by atoms with Crippen LogP contribution >= 0.6 is 0 Å². The van der Waals surface area contributed by atoms with Crippen LogP contribution in [0.1, 0.15) is 26.3 Å². The lowest BCUT2D eigenvalue weighted by molar-refractivity contribution is 0.312. The molecule has 1 fully saturated rings. The van der Waals surface area contributed by atoms with Gasteiger partial charge in [0, 0.05) is 32.4 Å². The zero-order valence-electron chi connectivity index (χ0n) is 12.1. The predicted octanol–water partition coefficient (Wildman–Crippen LogP) is 2.42. The van der Waals surface area contributed by atoms with Gasteiger partial charge in [0.15, 0.2) is 0 Å². The summed E-state index contributed by atoms with van der Waals surface area (Å²) in [6.45, 7) is 11.2. The van der Waals surface area contributed by atoms with Gasteiger partial charge in [0.05, 0.1) is 0 Å². The third-order valence-electron chi connectivity index (χ3n) is 3.37. The second-order valence-corrected chi connectivity index (χ2v) is 6.55. The van der Waals surface area contributed by atoms with Gasteiger partial charge in [-0.1, -0.05) is 26.8 Å². The zero-order chi connectivity index (χ0) is 13.2. The Balaban J connectivity index is 1.99. The van der Waals surface area contributed by atoms with Gasteiger partial charge in [-0.3, -0.25) is 0 Å². The minimum atomic E-state index is 0.330. The number of aromatic nitrogens is 1. The monoisotopic (exact) mass is 247 g/mol. The third-order valence-corrected chi connectivity index (χ3v) is 3.37. The first-order chi connectivity index (χ1) is 8.44. The van der Waals surface area contributed by atoms with Gasteiger partial charge in [-0.25, -0.2) is 4.98 Å². The van der Waals surface area contributed by atoms with Gasteiger partial charge in [-0.2, -0.15) is 0 Å². The van der Waals surface area contributed by atoms with E-state index in [1.54, 1.807) is 0 Å². The summed E-state index contributed by atoms with van der Waals surface area (Å²) < 4.78 is 0. The minimum Gasteiger partial charge on any atom is -0.354 e. The molecule has 100 valence electrons. The van der Waals surface area contributed by atoms with Crippen molar-refractivity contribution < 1.29 is 0 Å². The van der Waals surface area contributed by atoms with Gasteiger partial charge >= 0.3 is 0 Å². The quantitative estimate of drug-likeness (QED) is 0.800. The molecule has 18 heavy (non-hydrogen) atoms. The van der Waals surface area contributed by atoms with Crippen molar-refractivity contribution in [2.24, 2.45) is 5.41 Å². The molecule has 0 N–H and O–H groups in total. The molecule has 3 heteroatoms. The number of rotatable bonds is 2. The van der Waals surface area contributed by atoms with E-state index in [4.69, 9.17) is 0 Å². The summed E-state index contributed by atoms with van der Waals surface area (Å²) in [5.41, 5.74) is 1.66. The lowest BCUT2D eigenvalue weighted by Crippen LogP contribution is -2.44. The SMILES string of the molecule is CN1CCN(c2ccc(CC(C)(C)C)cn2)CC1. The number of hydrogen-bond acceptors (Lipinski definition) is 3. The third kappa shape index (κ3) is 3.70. The maximum atomic E-state index is 4.62. The Hall–Kier alpha value is -1.09. The van der Waals surface area contributed by atoms with E-state index in [1.807, 2.05) is 6.20 Å². The summed E-state index contributed by atoms with van der Waals surface area (Å²) in [7, 11) is 2.18. The van der Waals surface area contributed by atoms with Crippen molar-refractivity contribution in [2.45, 2.75) is 27.2 Å². The Labute approximate surface area is 111 Å². The topological polar surface area (TPSA) is 19.4 Å². The molecular formula is C15H25N3. The summed E-state index contributed by atoms with van der Waals surface area (Å²) in [6.07, 6.45) is 3.13. The van der Waals surface area contributed by atoms with Gasteiger partial charge in [-0.15, -0.1) is 0 Å². The Kier molecular flexibility index (Phi) is 3.91. The van der Waals surface area contributed by atoms with E-state index in [0.717, 1.165) is 38.4 Å². The molecule has 1 aromatic rings. The van der Waals surface area contributed by atoms with Gasteiger partial charge in [0.1, 0.15) is 5.82 Å². The summed E-state index contributed by atoms with van der Waals surface area (Å²) in [5.74, 6) is 1.13. The molecule has 0 amide bonds. The summed E-state index contributed by atoms with van der Waals surface area (Å²) in [4.78, 5) is 9.36. The molecule has 0 aliphatic carbocycles. The number of piperazine rings is 1. The van der Waals surface area contributed by atoms with Crippen LogP contribution in [-0.2, 0) is 6.42 Å². The number of likely N-dealkylation sites (N-methyl/N-ethyl adjacent to an activating group) is 1. The minimum absolute atomic E-state index is 0.330. The molecular weight excluding hydrogens is 222 g/mol. The standard InChI is InChI=1S/C15H25N3/c1-15(2,3)11-13-5-6-14(16-12-13)18-9-7-17(4)8-10-18/h5-6,12H,7-11H2,1-4H3. The van der Waals surface area contributed by atoms with Crippen LogP contribution in [0.15, 0.2) is 18.3 Å². The molecule has 2 rings (SSSR count). The maximum absolute atomic E-state index is 4.62. The van der Waals surface area contributed by atoms with Crippen molar-refractivity contribution in [3.8, 4) is 0 Å². The van der Waals surface area contributed by atoms with E-state index in [0.29, 0.717) is 5.41 Å². The number of nitrogens with zero attached hydrogens (tertiary/aromatic N) is 3. The average molecular weight is 247 g/mol. The highest BCUT2D eigenvalue weighted by Crippen LogP contribution is 2.21. The molecule has 3 nitrogen and oxygen atoms in total. The van der Waals surface area contributed by atoms with Gasteiger partial charge in [-0.05, 0) is 30.5 Å². The first-order valence-electron chi connectivity index (χ1n) is 6.82. The lowest BCUT2D eigenvalue weighted by atomic mass is 9.89. The van der Waals surface area contributed by atoms with E-state index in [-0.39, 0.29) is 0 Å². The second-order valence-electron chi connectivity index (χ2n) is 6.55. The fraction of sp³-hybridized carbons (Fsp3) is 0.667. The molecule has 1 aliphatic rings. The van der Waals surface area contributed by atoms with E-state index in [1.165, 1.54) is 5.56 Å². The van der Waals surface area contributed by atoms with Crippen LogP contribution in [0.5, 0.6) is 0 Å². The van der Waals surface area contributed by atoms with Crippen molar-refractivity contribution >= 4 is 5.82 Å². The first-order valence-corrected chi connectivity index (χ1v) is 6.82. The van der Waals surface area contributed by atoms with Crippen LogP contribution in [0.2, 0.25) is 0 Å². The summed E-state index contributed by atoms with van der Waals surface area (Å²) in [6, 6.07) is 4.40. The van der Waals surface area contributed by atoms with Crippen molar-refractivity contribution in [3.05, 3.63) is 23.9 Å². The molecule has 0 atom stereocenters. The van der Waals surface area contributed by atoms with Gasteiger partial charge in [0.25, 0.3) is 0 Å². The van der Waals surface area contributed by atoms with Gasteiger partial charge in [0.2, 0.25) is 0 Å². The number of pyridine rings is 1. The van der Waals surface area contributed by atoms with Crippen LogP contribution in [0.25, 0.3) is 0 Å². The van der Waals surface area contributed by atoms with Crippen LogP contribution in [-0.4, -0.2) is 43.1 Å². The largest absolute Gasteiger partial charge is 0.354 e. The molecule has 0 bridgehead atoms. The van der Waals surface area contributed by atoms with E-state index >= 15 is 0 Å². The van der Waals surface area contributed by atoms with Crippen LogP contribution in [0, 0.1) is 5.41 Å². The van der Waals surface area contributed by atoms with Crippen molar-refractivity contribution in [3.63, 3.8) is 0 Å². The van der Waals surface area contributed by atoms with Crippen LogP contribution < -0.4 is 4.90 Å². The zero-order valence-corrected chi connectivity index (χ0v) is 12.1. The normalized spacial score (nSPS) is 18.1. The fourth-order valence-electron chi connectivity index (χ4n) is 2.36. The van der Waals surface area contributed by atoms with Crippen LogP contribution in [0.3, 0.4) is 0 Å². The molecule has 0 unspecified atom stereocenters. The molecule has 0 saturated carbocycles. The summed E-state index contributed by atoms with van der Waals surface area (Å²) in [5, 5.41) is 0. The molecule has 1 aliphatic heterocycles. The van der Waals surface area contributed by atoms with Crippen molar-refractivity contribution in [2.75, 3.05) is 38.1 Å².